The molecule has 39 heavy (non-hydrogen) atoms. The van der Waals surface area contributed by atoms with Crippen LogP contribution in [0.4, 0.5) is 10.2 Å². The number of benzene rings is 1. The highest BCUT2D eigenvalue weighted by Crippen LogP contribution is 2.46. The molecule has 208 valence electrons. The lowest BCUT2D eigenvalue weighted by atomic mass is 9.72. The van der Waals surface area contributed by atoms with E-state index in [4.69, 9.17) is 4.74 Å². The van der Waals surface area contributed by atoms with Gasteiger partial charge in [-0.2, -0.15) is 0 Å². The zero-order valence-corrected chi connectivity index (χ0v) is 22.9. The zero-order chi connectivity index (χ0) is 27.3. The maximum atomic E-state index is 14.2. The molecule has 10 heteroatoms. The molecule has 2 amide bonds. The number of halogens is 1. The fourth-order valence-corrected chi connectivity index (χ4v) is 6.56. The third kappa shape index (κ3) is 4.95. The van der Waals surface area contributed by atoms with Gasteiger partial charge in [0.15, 0.2) is 11.6 Å². The molecule has 3 atom stereocenters. The molecule has 9 nitrogen and oxygen atoms in total. The minimum atomic E-state index is -0.495. The fourth-order valence-electron chi connectivity index (χ4n) is 6.56. The number of anilines is 1. The molecule has 0 bridgehead atoms. The van der Waals surface area contributed by atoms with Crippen molar-refractivity contribution in [3.8, 4) is 11.5 Å². The highest BCUT2D eigenvalue weighted by atomic mass is 19.1. The maximum absolute atomic E-state index is 14.2. The predicted octanol–water partition coefficient (Wildman–Crippen LogP) is 3.46. The zero-order valence-electron chi connectivity index (χ0n) is 22.9. The number of carbonyl (C=O) groups excluding carboxylic acids is 2. The first-order valence-corrected chi connectivity index (χ1v) is 14.1. The molecule has 1 spiro atoms. The van der Waals surface area contributed by atoms with Crippen LogP contribution >= 0.6 is 0 Å². The second-order valence-electron chi connectivity index (χ2n) is 11.9. The number of fused-ring (bicyclic) bond motifs is 1. The molecule has 4 heterocycles. The van der Waals surface area contributed by atoms with E-state index < -0.39 is 5.82 Å². The van der Waals surface area contributed by atoms with Crippen molar-refractivity contribution in [1.29, 1.82) is 0 Å². The number of amides is 2. The Morgan fingerprint density at radius 1 is 1.21 bits per heavy atom. The van der Waals surface area contributed by atoms with E-state index in [1.165, 1.54) is 30.9 Å². The van der Waals surface area contributed by atoms with Crippen molar-refractivity contribution in [2.45, 2.75) is 64.6 Å². The van der Waals surface area contributed by atoms with Gasteiger partial charge in [-0.25, -0.2) is 14.4 Å². The van der Waals surface area contributed by atoms with Crippen molar-refractivity contribution >= 4 is 17.6 Å². The van der Waals surface area contributed by atoms with E-state index in [0.29, 0.717) is 30.1 Å². The van der Waals surface area contributed by atoms with Gasteiger partial charge in [-0.15, -0.1) is 0 Å². The summed E-state index contributed by atoms with van der Waals surface area (Å²) in [6.45, 7) is 9.48. The summed E-state index contributed by atoms with van der Waals surface area (Å²) < 4.78 is 20.4. The van der Waals surface area contributed by atoms with E-state index in [9.17, 15) is 14.0 Å². The number of likely N-dealkylation sites (tertiary alicyclic amines) is 1. The Labute approximate surface area is 228 Å². The van der Waals surface area contributed by atoms with E-state index >= 15 is 0 Å². The second-order valence-corrected chi connectivity index (χ2v) is 11.9. The minimum Gasteiger partial charge on any atom is -0.451 e. The minimum absolute atomic E-state index is 0.00888. The first kappa shape index (κ1) is 26.0. The van der Waals surface area contributed by atoms with Crippen LogP contribution in [0.2, 0.25) is 0 Å². The maximum Gasteiger partial charge on any atom is 0.257 e. The number of hydrogen-bond donors (Lipinski definition) is 1. The molecule has 6 rings (SSSR count). The quantitative estimate of drug-likeness (QED) is 0.580. The van der Waals surface area contributed by atoms with Crippen molar-refractivity contribution in [3.05, 3.63) is 42.1 Å². The van der Waals surface area contributed by atoms with E-state index in [1.54, 1.807) is 11.1 Å². The molecule has 2 aromatic rings. The second kappa shape index (κ2) is 10.0. The van der Waals surface area contributed by atoms with Gasteiger partial charge in [-0.05, 0) is 70.6 Å². The summed E-state index contributed by atoms with van der Waals surface area (Å²) in [6, 6.07) is 4.55. The molecule has 4 fully saturated rings. The molecule has 1 aromatic heterocycles. The number of rotatable bonds is 7. The lowest BCUT2D eigenvalue weighted by Crippen LogP contribution is -2.62. The summed E-state index contributed by atoms with van der Waals surface area (Å²) in [4.78, 5) is 40.7. The molecule has 4 aliphatic rings. The molecule has 1 aliphatic carbocycles. The number of nitrogens with one attached hydrogen (secondary N) is 1. The molecule has 1 N–H and O–H groups in total. The van der Waals surface area contributed by atoms with Gasteiger partial charge in [0.1, 0.15) is 17.9 Å². The average Bonchev–Trinajstić information content (AvgIpc) is 3.52. The summed E-state index contributed by atoms with van der Waals surface area (Å²) in [5.41, 5.74) is 0.326. The average molecular weight is 537 g/mol. The van der Waals surface area contributed by atoms with Gasteiger partial charge in [0.25, 0.3) is 5.91 Å². The fraction of sp³-hybridized carbons (Fsp3) is 0.586. The Kier molecular flexibility index (Phi) is 6.69. The molecule has 3 aliphatic heterocycles. The number of carbonyl (C=O) groups is 2. The summed E-state index contributed by atoms with van der Waals surface area (Å²) in [7, 11) is 0. The van der Waals surface area contributed by atoms with Gasteiger partial charge < -0.3 is 24.8 Å². The standard InChI is InChI=1S/C29H37FN6O3/c1-4-36(18(2)3)27(37)21-13-20(30)5-6-24(21)39-25-14-31-17-32-26(25)35-15-29(16-35)7-9-34(10-8-29)28(38)23-12-19-11-22(19)33-23/h5-6,13-14,17-19,22-23,33H,4,7-12,15-16H2,1-3H3/t19-,22-,23+/m1/s1. The van der Waals surface area contributed by atoms with Gasteiger partial charge in [0, 0.05) is 50.2 Å². The van der Waals surface area contributed by atoms with Crippen LogP contribution in [-0.4, -0.2) is 82.4 Å². The van der Waals surface area contributed by atoms with Crippen LogP contribution in [0.15, 0.2) is 30.7 Å². The molecular weight excluding hydrogens is 499 g/mol. The van der Waals surface area contributed by atoms with Crippen LogP contribution in [0.25, 0.3) is 0 Å². The molecule has 0 unspecified atom stereocenters. The molecule has 0 radical (unpaired) electrons. The molecular formula is C29H37FN6O3. The van der Waals surface area contributed by atoms with Gasteiger partial charge in [0.2, 0.25) is 5.91 Å². The van der Waals surface area contributed by atoms with Crippen LogP contribution in [0.1, 0.15) is 56.8 Å². The molecule has 3 saturated heterocycles. The Morgan fingerprint density at radius 2 is 1.97 bits per heavy atom. The Morgan fingerprint density at radius 3 is 2.64 bits per heavy atom. The Balaban J connectivity index is 1.12. The first-order valence-electron chi connectivity index (χ1n) is 14.1. The topological polar surface area (TPSA) is 90.9 Å². The largest absolute Gasteiger partial charge is 0.451 e. The van der Waals surface area contributed by atoms with E-state index in [-0.39, 0.29) is 40.6 Å². The van der Waals surface area contributed by atoms with E-state index in [2.05, 4.69) is 20.2 Å². The van der Waals surface area contributed by atoms with Gasteiger partial charge in [0.05, 0.1) is 17.8 Å². The van der Waals surface area contributed by atoms with Crippen LogP contribution in [0.3, 0.4) is 0 Å². The van der Waals surface area contributed by atoms with Crippen molar-refractivity contribution in [3.63, 3.8) is 0 Å². The van der Waals surface area contributed by atoms with Crippen LogP contribution < -0.4 is 15.0 Å². The normalized spacial score (nSPS) is 24.9. The Bertz CT molecular complexity index is 1250. The number of ether oxygens (including phenoxy) is 1. The summed E-state index contributed by atoms with van der Waals surface area (Å²) >= 11 is 0. The highest BCUT2D eigenvalue weighted by molar-refractivity contribution is 5.97. The third-order valence-corrected chi connectivity index (χ3v) is 8.94. The summed E-state index contributed by atoms with van der Waals surface area (Å²) in [5.74, 6) is 1.56. The van der Waals surface area contributed by atoms with Crippen molar-refractivity contribution in [2.24, 2.45) is 11.3 Å². The smallest absolute Gasteiger partial charge is 0.257 e. The van der Waals surface area contributed by atoms with Crippen molar-refractivity contribution < 1.29 is 18.7 Å². The molecule has 1 saturated carbocycles. The third-order valence-electron chi connectivity index (χ3n) is 8.94. The van der Waals surface area contributed by atoms with Gasteiger partial charge in [-0.3, -0.25) is 9.59 Å². The highest BCUT2D eigenvalue weighted by Gasteiger charge is 2.51. The monoisotopic (exact) mass is 536 g/mol. The summed E-state index contributed by atoms with van der Waals surface area (Å²) in [6.07, 6.45) is 7.23. The SMILES string of the molecule is CCN(C(=O)c1cc(F)ccc1Oc1cncnc1N1CC2(CCN(C(=O)[C@@H]3C[C@H]4C[C@H]4N3)CC2)C1)C(C)C. The number of hydrogen-bond acceptors (Lipinski definition) is 7. The number of aromatic nitrogens is 2. The van der Waals surface area contributed by atoms with Crippen LogP contribution in [0.5, 0.6) is 11.5 Å². The first-order chi connectivity index (χ1) is 18.8. The summed E-state index contributed by atoms with van der Waals surface area (Å²) in [5, 5.41) is 3.49. The van der Waals surface area contributed by atoms with Crippen LogP contribution in [-0.2, 0) is 4.79 Å². The molecule has 1 aromatic carbocycles. The van der Waals surface area contributed by atoms with E-state index in [0.717, 1.165) is 45.4 Å². The Hall–Kier alpha value is -3.27. The van der Waals surface area contributed by atoms with Gasteiger partial charge >= 0.3 is 0 Å². The van der Waals surface area contributed by atoms with Crippen molar-refractivity contribution in [1.82, 2.24) is 25.1 Å². The van der Waals surface area contributed by atoms with Gasteiger partial charge in [-0.1, -0.05) is 0 Å². The number of piperidine rings is 2. The van der Waals surface area contributed by atoms with Crippen molar-refractivity contribution in [2.75, 3.05) is 37.6 Å². The predicted molar refractivity (Wildman–Crippen MR) is 144 cm³/mol. The van der Waals surface area contributed by atoms with Crippen LogP contribution in [0, 0.1) is 17.2 Å². The number of nitrogens with zero attached hydrogens (tertiary/aromatic N) is 5. The lowest BCUT2D eigenvalue weighted by Gasteiger charge is -2.54. The van der Waals surface area contributed by atoms with E-state index in [1.807, 2.05) is 25.7 Å². The lowest BCUT2D eigenvalue weighted by molar-refractivity contribution is -0.136.